The zero-order chi connectivity index (χ0) is 24.1. The number of carboxylic acids is 1. The average molecular weight is 473 g/mol. The van der Waals surface area contributed by atoms with Crippen molar-refractivity contribution in [3.63, 3.8) is 0 Å². The van der Waals surface area contributed by atoms with Gasteiger partial charge in [-0.25, -0.2) is 9.79 Å². The first kappa shape index (κ1) is 23.3. The van der Waals surface area contributed by atoms with Crippen LogP contribution in [-0.4, -0.2) is 33.6 Å². The van der Waals surface area contributed by atoms with Crippen molar-refractivity contribution in [2.24, 2.45) is 4.99 Å². The van der Waals surface area contributed by atoms with E-state index in [1.54, 1.807) is 17.0 Å². The highest BCUT2D eigenvalue weighted by Gasteiger charge is 2.32. The maximum Gasteiger partial charge on any atom is 0.335 e. The average Bonchev–Trinajstić information content (AvgIpc) is 3.12. The van der Waals surface area contributed by atoms with Gasteiger partial charge in [0, 0.05) is 6.54 Å². The summed E-state index contributed by atoms with van der Waals surface area (Å²) in [5.41, 5.74) is 3.83. The zero-order valence-corrected chi connectivity index (χ0v) is 19.7. The van der Waals surface area contributed by atoms with Crippen LogP contribution in [0.2, 0.25) is 0 Å². The molecular formula is C27H24N2O4S. The topological polar surface area (TPSA) is 79.2 Å². The number of amidine groups is 1. The van der Waals surface area contributed by atoms with E-state index in [1.807, 2.05) is 49.4 Å². The second-order valence-electron chi connectivity index (χ2n) is 7.76. The van der Waals surface area contributed by atoms with Gasteiger partial charge in [-0.2, -0.15) is 0 Å². The Morgan fingerprint density at radius 1 is 1.09 bits per heavy atom. The highest BCUT2D eigenvalue weighted by Crippen LogP contribution is 2.34. The molecule has 0 bridgehead atoms. The molecule has 0 aliphatic carbocycles. The molecule has 1 aliphatic rings. The number of hydrogen-bond donors (Lipinski definition) is 1. The lowest BCUT2D eigenvalue weighted by Gasteiger charge is -2.12. The summed E-state index contributed by atoms with van der Waals surface area (Å²) >= 11 is 1.28. The van der Waals surface area contributed by atoms with Gasteiger partial charge in [-0.1, -0.05) is 48.0 Å². The van der Waals surface area contributed by atoms with Crippen LogP contribution >= 0.6 is 11.8 Å². The van der Waals surface area contributed by atoms with Crippen LogP contribution in [0.4, 0.5) is 5.69 Å². The molecule has 7 heteroatoms. The number of aliphatic imine (C=N–C) groups is 1. The number of nitrogens with zero attached hydrogens (tertiary/aromatic N) is 2. The molecule has 0 saturated carbocycles. The third kappa shape index (κ3) is 5.55. The van der Waals surface area contributed by atoms with E-state index < -0.39 is 5.97 Å². The highest BCUT2D eigenvalue weighted by molar-refractivity contribution is 8.18. The second-order valence-corrected chi connectivity index (χ2v) is 8.77. The number of likely N-dealkylation sites (N-methyl/N-ethyl adjacent to an activating group) is 1. The van der Waals surface area contributed by atoms with E-state index in [1.165, 1.54) is 29.5 Å². The molecule has 1 saturated heterocycles. The maximum absolute atomic E-state index is 12.9. The monoisotopic (exact) mass is 472 g/mol. The van der Waals surface area contributed by atoms with Gasteiger partial charge < -0.3 is 9.84 Å². The number of aromatic carboxylic acids is 1. The molecule has 172 valence electrons. The van der Waals surface area contributed by atoms with Gasteiger partial charge in [0.05, 0.1) is 16.2 Å². The van der Waals surface area contributed by atoms with Crippen LogP contribution in [0.3, 0.4) is 0 Å². The van der Waals surface area contributed by atoms with Crippen LogP contribution in [0.25, 0.3) is 6.08 Å². The largest absolute Gasteiger partial charge is 0.489 e. The van der Waals surface area contributed by atoms with Crippen molar-refractivity contribution >= 4 is 40.6 Å². The lowest BCUT2D eigenvalue weighted by molar-refractivity contribution is -0.122. The van der Waals surface area contributed by atoms with Crippen LogP contribution in [0, 0.1) is 6.92 Å². The summed E-state index contributed by atoms with van der Waals surface area (Å²) in [6.07, 6.45) is 1.83. The summed E-state index contributed by atoms with van der Waals surface area (Å²) in [7, 11) is 0. The summed E-state index contributed by atoms with van der Waals surface area (Å²) in [5, 5.41) is 9.73. The SMILES string of the molecule is CCN1C(=O)/C(=C\c2ccc(OCc3cccc(C)c3)cc2)SC1=Nc1cccc(C(=O)O)c1. The molecule has 4 rings (SSSR count). The van der Waals surface area contributed by atoms with E-state index in [0.29, 0.717) is 28.9 Å². The number of benzene rings is 3. The van der Waals surface area contributed by atoms with Gasteiger partial charge in [0.15, 0.2) is 5.17 Å². The van der Waals surface area contributed by atoms with Gasteiger partial charge in [-0.05, 0) is 73.1 Å². The van der Waals surface area contributed by atoms with Crippen LogP contribution in [0.5, 0.6) is 5.75 Å². The standard InChI is InChI=1S/C27H24N2O4S/c1-3-29-25(30)24(34-27(29)28-22-9-5-8-21(16-22)26(31)32)15-19-10-12-23(13-11-19)33-17-20-7-4-6-18(2)14-20/h4-16H,3,17H2,1-2H3,(H,31,32)/b24-15+,28-27?. The highest BCUT2D eigenvalue weighted by atomic mass is 32.2. The third-order valence-corrected chi connectivity index (χ3v) is 6.19. The van der Waals surface area contributed by atoms with Crippen LogP contribution in [0.15, 0.2) is 82.7 Å². The summed E-state index contributed by atoms with van der Waals surface area (Å²) in [6, 6.07) is 22.1. The van der Waals surface area contributed by atoms with Gasteiger partial charge in [0.25, 0.3) is 5.91 Å². The molecule has 6 nitrogen and oxygen atoms in total. The number of thioether (sulfide) groups is 1. The molecule has 3 aromatic carbocycles. The smallest absolute Gasteiger partial charge is 0.335 e. The quantitative estimate of drug-likeness (QED) is 0.433. The van der Waals surface area contributed by atoms with Crippen molar-refractivity contribution in [2.45, 2.75) is 20.5 Å². The lowest BCUT2D eigenvalue weighted by Crippen LogP contribution is -2.28. The first-order valence-corrected chi connectivity index (χ1v) is 11.7. The van der Waals surface area contributed by atoms with E-state index in [9.17, 15) is 14.7 Å². The molecular weight excluding hydrogens is 448 g/mol. The third-order valence-electron chi connectivity index (χ3n) is 5.19. The van der Waals surface area contributed by atoms with Crippen LogP contribution in [0.1, 0.15) is 34.0 Å². The number of ether oxygens (including phenoxy) is 1. The minimum atomic E-state index is -1.02. The Hall–Kier alpha value is -3.84. The van der Waals surface area contributed by atoms with E-state index in [0.717, 1.165) is 16.9 Å². The first-order valence-electron chi connectivity index (χ1n) is 10.8. The van der Waals surface area contributed by atoms with Gasteiger partial charge in [0.1, 0.15) is 12.4 Å². The van der Waals surface area contributed by atoms with Crippen molar-refractivity contribution in [1.82, 2.24) is 4.90 Å². The number of hydrogen-bond acceptors (Lipinski definition) is 5. The Morgan fingerprint density at radius 2 is 1.85 bits per heavy atom. The summed E-state index contributed by atoms with van der Waals surface area (Å²) in [6.45, 7) is 4.89. The van der Waals surface area contributed by atoms with E-state index in [-0.39, 0.29) is 11.5 Å². The van der Waals surface area contributed by atoms with Gasteiger partial charge in [0.2, 0.25) is 0 Å². The number of aryl methyl sites for hydroxylation is 1. The van der Waals surface area contributed by atoms with Crippen molar-refractivity contribution < 1.29 is 19.4 Å². The summed E-state index contributed by atoms with van der Waals surface area (Å²) in [5.74, 6) is -0.387. The predicted molar refractivity (Wildman–Crippen MR) is 135 cm³/mol. The lowest BCUT2D eigenvalue weighted by atomic mass is 10.1. The fourth-order valence-corrected chi connectivity index (χ4v) is 4.53. The minimum Gasteiger partial charge on any atom is -0.489 e. The van der Waals surface area contributed by atoms with Gasteiger partial charge in [-0.15, -0.1) is 0 Å². The molecule has 1 amide bonds. The minimum absolute atomic E-state index is 0.125. The number of carboxylic acid groups (broad SMARTS) is 1. The van der Waals surface area contributed by atoms with Gasteiger partial charge >= 0.3 is 5.97 Å². The normalized spacial score (nSPS) is 15.8. The molecule has 1 aliphatic heterocycles. The van der Waals surface area contributed by atoms with Crippen molar-refractivity contribution in [3.05, 3.63) is 100.0 Å². The Morgan fingerprint density at radius 3 is 2.56 bits per heavy atom. The fraction of sp³-hybridized carbons (Fsp3) is 0.148. The Kier molecular flexibility index (Phi) is 7.13. The van der Waals surface area contributed by atoms with E-state index in [4.69, 9.17) is 4.74 Å². The molecule has 1 heterocycles. The number of rotatable bonds is 7. The first-order chi connectivity index (χ1) is 16.4. The molecule has 0 atom stereocenters. The fourth-order valence-electron chi connectivity index (χ4n) is 3.47. The molecule has 34 heavy (non-hydrogen) atoms. The van der Waals surface area contributed by atoms with Crippen LogP contribution in [-0.2, 0) is 11.4 Å². The van der Waals surface area contributed by atoms with E-state index in [2.05, 4.69) is 24.0 Å². The number of carbonyl (C=O) groups is 2. The second kappa shape index (κ2) is 10.4. The summed E-state index contributed by atoms with van der Waals surface area (Å²) in [4.78, 5) is 30.8. The van der Waals surface area contributed by atoms with Crippen molar-refractivity contribution in [3.8, 4) is 5.75 Å². The van der Waals surface area contributed by atoms with Crippen molar-refractivity contribution in [2.75, 3.05) is 6.54 Å². The Balaban J connectivity index is 1.48. The molecule has 1 fully saturated rings. The van der Waals surface area contributed by atoms with Gasteiger partial charge in [-0.3, -0.25) is 9.69 Å². The summed E-state index contributed by atoms with van der Waals surface area (Å²) < 4.78 is 5.88. The maximum atomic E-state index is 12.9. The molecule has 0 spiro atoms. The van der Waals surface area contributed by atoms with E-state index >= 15 is 0 Å². The Labute approximate surface area is 202 Å². The molecule has 0 aromatic heterocycles. The molecule has 1 N–H and O–H groups in total. The predicted octanol–water partition coefficient (Wildman–Crippen LogP) is 5.90. The molecule has 3 aromatic rings. The van der Waals surface area contributed by atoms with Crippen molar-refractivity contribution in [1.29, 1.82) is 0 Å². The number of amides is 1. The van der Waals surface area contributed by atoms with Crippen LogP contribution < -0.4 is 4.74 Å². The zero-order valence-electron chi connectivity index (χ0n) is 18.9. The molecule has 0 unspecified atom stereocenters. The molecule has 0 radical (unpaired) electrons. The Bertz CT molecular complexity index is 1280. The number of carbonyl (C=O) groups excluding carboxylic acids is 1.